The van der Waals surface area contributed by atoms with Crippen molar-refractivity contribution in [2.24, 2.45) is 5.92 Å². The molecule has 5 amide bonds. The Morgan fingerprint density at radius 1 is 0.864 bits per heavy atom. The number of nitrogens with one attached hydrogen (secondary N) is 3. The van der Waals surface area contributed by atoms with Crippen LogP contribution < -0.4 is 30.7 Å². The number of piperidine rings is 1. The molecule has 0 radical (unpaired) electrons. The summed E-state index contributed by atoms with van der Waals surface area (Å²) in [6, 6.07) is 24.4. The molecule has 0 unspecified atom stereocenters. The first-order valence-corrected chi connectivity index (χ1v) is 21.1. The molecule has 0 spiro atoms. The van der Waals surface area contributed by atoms with Gasteiger partial charge in [0.25, 0.3) is 0 Å². The molecule has 0 saturated carbocycles. The number of carbonyl (C=O) groups excluding carboxylic acids is 3. The lowest BCUT2D eigenvalue weighted by Crippen LogP contribution is -2.58. The minimum Gasteiger partial charge on any atom is -0.372 e. The number of benzene rings is 3. The molecule has 1 aromatic heterocycles. The van der Waals surface area contributed by atoms with Crippen LogP contribution in [0.4, 0.5) is 38.3 Å². The number of ether oxygens (including phenoxy) is 1. The van der Waals surface area contributed by atoms with Crippen LogP contribution in [0.2, 0.25) is 0 Å². The van der Waals surface area contributed by atoms with Crippen LogP contribution in [0.1, 0.15) is 44.2 Å². The predicted molar refractivity (Wildman–Crippen MR) is 231 cm³/mol. The lowest BCUT2D eigenvalue weighted by Gasteiger charge is -2.40. The van der Waals surface area contributed by atoms with Gasteiger partial charge in [-0.15, -0.1) is 0 Å². The number of imide groups is 1. The third kappa shape index (κ3) is 9.94. The van der Waals surface area contributed by atoms with E-state index in [9.17, 15) is 14.4 Å². The average molecular weight is 801 g/mol. The van der Waals surface area contributed by atoms with Crippen LogP contribution in [0.5, 0.6) is 0 Å². The minimum atomic E-state index is -0.344. The van der Waals surface area contributed by atoms with Crippen molar-refractivity contribution >= 4 is 46.7 Å². The summed E-state index contributed by atoms with van der Waals surface area (Å²) in [5, 5.41) is 8.85. The van der Waals surface area contributed by atoms with E-state index in [1.807, 2.05) is 38.1 Å². The van der Waals surface area contributed by atoms with Gasteiger partial charge in [-0.2, -0.15) is 0 Å². The molecule has 3 aromatic carbocycles. The maximum absolute atomic E-state index is 12.6. The number of carbonyl (C=O) groups is 3. The Kier molecular flexibility index (Phi) is 12.3. The number of rotatable bonds is 12. The Morgan fingerprint density at radius 2 is 1.61 bits per heavy atom. The van der Waals surface area contributed by atoms with Crippen molar-refractivity contribution in [1.82, 2.24) is 30.4 Å². The Labute approximate surface area is 346 Å². The highest BCUT2D eigenvalue weighted by Gasteiger charge is 2.32. The number of aromatic nitrogens is 2. The molecule has 0 atom stereocenters. The Balaban J connectivity index is 0.768. The highest BCUT2D eigenvalue weighted by molar-refractivity contribution is 6.05. The zero-order valence-electron chi connectivity index (χ0n) is 34.4. The molecule has 0 aliphatic carbocycles. The molecular weight excluding hydrogens is 745 g/mol. The summed E-state index contributed by atoms with van der Waals surface area (Å²) in [5.74, 6) is 0.993. The molecule has 4 saturated heterocycles. The monoisotopic (exact) mass is 800 g/mol. The Bertz CT molecular complexity index is 2110. The van der Waals surface area contributed by atoms with Gasteiger partial charge in [0.2, 0.25) is 11.9 Å². The second kappa shape index (κ2) is 18.0. The number of amides is 5. The van der Waals surface area contributed by atoms with Crippen molar-refractivity contribution in [1.29, 1.82) is 0 Å². The molecule has 3 N–H and O–H groups in total. The molecule has 4 aliphatic heterocycles. The van der Waals surface area contributed by atoms with Gasteiger partial charge in [0.1, 0.15) is 0 Å². The van der Waals surface area contributed by atoms with E-state index >= 15 is 0 Å². The Hall–Kier alpha value is -5.73. The molecule has 4 aliphatic rings. The van der Waals surface area contributed by atoms with Gasteiger partial charge >= 0.3 is 12.1 Å². The van der Waals surface area contributed by atoms with Crippen molar-refractivity contribution in [3.8, 4) is 11.3 Å². The quantitative estimate of drug-likeness (QED) is 0.157. The normalized spacial score (nSPS) is 18.2. The van der Waals surface area contributed by atoms with Crippen molar-refractivity contribution in [3.63, 3.8) is 0 Å². The first-order valence-electron chi connectivity index (χ1n) is 21.1. The van der Waals surface area contributed by atoms with Gasteiger partial charge in [-0.1, -0.05) is 18.2 Å². The fourth-order valence-electron chi connectivity index (χ4n) is 8.47. The summed E-state index contributed by atoms with van der Waals surface area (Å²) >= 11 is 0. The summed E-state index contributed by atoms with van der Waals surface area (Å²) in [4.78, 5) is 56.8. The number of aryl methyl sites for hydroxylation is 1. The molecule has 0 bridgehead atoms. The van der Waals surface area contributed by atoms with Crippen molar-refractivity contribution in [2.45, 2.75) is 58.8 Å². The number of anilines is 5. The summed E-state index contributed by atoms with van der Waals surface area (Å²) in [6.45, 7) is 15.4. The van der Waals surface area contributed by atoms with E-state index in [4.69, 9.17) is 9.72 Å². The SMILES string of the molecule is Cc1cc(-c2ccnc(Nc3ccc(N4CCN(CC5CCN(c6cccc(N7CCC(=O)NC7=O)c6)CC5)CC4)cc3)n2)ccc1CNC(=O)N1CC(OC(C)C)C1. The molecule has 4 aromatic rings. The topological polar surface area (TPSA) is 139 Å². The van der Waals surface area contributed by atoms with Gasteiger partial charge in [-0.25, -0.2) is 19.6 Å². The lowest BCUT2D eigenvalue weighted by molar-refractivity contribution is -0.120. The number of hydrogen-bond acceptors (Lipinski definition) is 10. The van der Waals surface area contributed by atoms with Crippen molar-refractivity contribution in [3.05, 3.63) is 90.1 Å². The third-order valence-electron chi connectivity index (χ3n) is 11.9. The summed E-state index contributed by atoms with van der Waals surface area (Å²) in [6.07, 6.45) is 4.68. The average Bonchev–Trinajstić information content (AvgIpc) is 3.22. The van der Waals surface area contributed by atoms with Crippen LogP contribution in [0, 0.1) is 12.8 Å². The largest absolute Gasteiger partial charge is 0.372 e. The fourth-order valence-corrected chi connectivity index (χ4v) is 8.47. The molecule has 14 heteroatoms. The Morgan fingerprint density at radius 3 is 2.34 bits per heavy atom. The maximum atomic E-state index is 12.6. The fraction of sp³-hybridized carbons (Fsp3) is 0.444. The van der Waals surface area contributed by atoms with Gasteiger partial charge in [0.05, 0.1) is 31.0 Å². The van der Waals surface area contributed by atoms with Gasteiger partial charge in [-0.3, -0.25) is 19.9 Å². The van der Waals surface area contributed by atoms with E-state index in [1.54, 1.807) is 16.0 Å². The first-order chi connectivity index (χ1) is 28.6. The van der Waals surface area contributed by atoms with Crippen LogP contribution in [0.3, 0.4) is 0 Å². The number of piperazine rings is 1. The van der Waals surface area contributed by atoms with E-state index in [2.05, 4.69) is 91.1 Å². The molecule has 8 rings (SSSR count). The standard InChI is InChI=1S/C45H56N10O4/c1-31(2)59-40-29-54(30-40)44(57)47-27-35-8-7-34(25-32(35)3)41-13-17-46-43(49-41)48-36-9-11-37(12-10-36)53-23-21-51(22-24-53)28-33-14-18-52(19-15-33)38-5-4-6-39(26-38)55-20-16-42(56)50-45(55)58/h4-13,17,25-26,31,33,40H,14-16,18-24,27-30H2,1-3H3,(H,47,57)(H,46,48,49)(H,50,56,58). The molecule has 5 heterocycles. The van der Waals surface area contributed by atoms with Crippen LogP contribution in [0.15, 0.2) is 79.0 Å². The number of urea groups is 2. The van der Waals surface area contributed by atoms with E-state index < -0.39 is 0 Å². The van der Waals surface area contributed by atoms with Crippen LogP contribution in [0.25, 0.3) is 11.3 Å². The zero-order valence-corrected chi connectivity index (χ0v) is 34.4. The van der Waals surface area contributed by atoms with Crippen LogP contribution in [-0.2, 0) is 16.1 Å². The van der Waals surface area contributed by atoms with Crippen LogP contribution >= 0.6 is 0 Å². The summed E-state index contributed by atoms with van der Waals surface area (Å²) in [5.41, 5.74) is 8.09. The highest BCUT2D eigenvalue weighted by atomic mass is 16.5. The van der Waals surface area contributed by atoms with Crippen LogP contribution in [-0.4, -0.2) is 115 Å². The van der Waals surface area contributed by atoms with E-state index in [0.717, 1.165) is 98.1 Å². The smallest absolute Gasteiger partial charge is 0.328 e. The number of likely N-dealkylation sites (tertiary alicyclic amines) is 1. The second-order valence-corrected chi connectivity index (χ2v) is 16.4. The summed E-state index contributed by atoms with van der Waals surface area (Å²) < 4.78 is 5.77. The number of nitrogens with zero attached hydrogens (tertiary/aromatic N) is 7. The second-order valence-electron chi connectivity index (χ2n) is 16.4. The maximum Gasteiger partial charge on any atom is 0.328 e. The molecule has 4 fully saturated rings. The lowest BCUT2D eigenvalue weighted by atomic mass is 9.95. The third-order valence-corrected chi connectivity index (χ3v) is 11.9. The van der Waals surface area contributed by atoms with Crippen molar-refractivity contribution in [2.75, 3.05) is 85.5 Å². The molecule has 14 nitrogen and oxygen atoms in total. The van der Waals surface area contributed by atoms with E-state index in [0.29, 0.717) is 44.5 Å². The van der Waals surface area contributed by atoms with Gasteiger partial charge in [0.15, 0.2) is 0 Å². The van der Waals surface area contributed by atoms with E-state index in [-0.39, 0.29) is 30.2 Å². The number of hydrogen-bond donors (Lipinski definition) is 3. The van der Waals surface area contributed by atoms with Gasteiger partial charge < -0.3 is 30.1 Å². The van der Waals surface area contributed by atoms with E-state index in [1.165, 1.54) is 5.69 Å². The first kappa shape index (κ1) is 40.1. The minimum absolute atomic E-state index is 0.0620. The highest BCUT2D eigenvalue weighted by Crippen LogP contribution is 2.29. The molecule has 310 valence electrons. The predicted octanol–water partition coefficient (Wildman–Crippen LogP) is 6.00. The van der Waals surface area contributed by atoms with Gasteiger partial charge in [-0.05, 0) is 105 Å². The van der Waals surface area contributed by atoms with Crippen molar-refractivity contribution < 1.29 is 19.1 Å². The molecular formula is C45H56N10O4. The zero-order chi connectivity index (χ0) is 40.9. The molecule has 59 heavy (non-hydrogen) atoms. The summed E-state index contributed by atoms with van der Waals surface area (Å²) in [7, 11) is 0. The van der Waals surface area contributed by atoms with Gasteiger partial charge in [0, 0.05) is 99.8 Å².